The quantitative estimate of drug-likeness (QED) is 0.415. The molecule has 160 valence electrons. The number of benzene rings is 1. The predicted octanol–water partition coefficient (Wildman–Crippen LogP) is 5.20. The lowest BCUT2D eigenvalue weighted by molar-refractivity contribution is -0.0545. The van der Waals surface area contributed by atoms with Gasteiger partial charge in [-0.15, -0.1) is 10.2 Å². The van der Waals surface area contributed by atoms with E-state index in [4.69, 9.17) is 14.5 Å². The third-order valence-corrected chi connectivity index (χ3v) is 6.20. The number of hydrogen-bond donors (Lipinski definition) is 0. The van der Waals surface area contributed by atoms with Gasteiger partial charge in [0.25, 0.3) is 0 Å². The van der Waals surface area contributed by atoms with E-state index in [9.17, 15) is 4.39 Å². The third-order valence-electron chi connectivity index (χ3n) is 6.20. The van der Waals surface area contributed by atoms with E-state index in [2.05, 4.69) is 10.2 Å². The summed E-state index contributed by atoms with van der Waals surface area (Å²) in [6.45, 7) is 0.377. The number of ether oxygens (including phenoxy) is 2. The summed E-state index contributed by atoms with van der Waals surface area (Å²) in [4.78, 5) is 4.78. The zero-order valence-electron chi connectivity index (χ0n) is 17.6. The molecule has 3 heterocycles. The van der Waals surface area contributed by atoms with Crippen LogP contribution in [0.1, 0.15) is 38.5 Å². The van der Waals surface area contributed by atoms with Crippen molar-refractivity contribution in [3.05, 3.63) is 54.5 Å². The highest BCUT2D eigenvalue weighted by Gasteiger charge is 2.32. The van der Waals surface area contributed by atoms with Crippen LogP contribution in [-0.4, -0.2) is 38.9 Å². The van der Waals surface area contributed by atoms with Gasteiger partial charge in [-0.2, -0.15) is 0 Å². The zero-order valence-corrected chi connectivity index (χ0v) is 17.6. The van der Waals surface area contributed by atoms with Crippen LogP contribution in [0.5, 0.6) is 5.75 Å². The fourth-order valence-electron chi connectivity index (χ4n) is 4.41. The molecule has 0 N–H and O–H groups in total. The molecule has 1 fully saturated rings. The summed E-state index contributed by atoms with van der Waals surface area (Å²) < 4.78 is 28.3. The minimum Gasteiger partial charge on any atom is -0.488 e. The maximum absolute atomic E-state index is 14.3. The summed E-state index contributed by atoms with van der Waals surface area (Å²) in [6.07, 6.45) is 8.44. The Kier molecular flexibility index (Phi) is 5.28. The van der Waals surface area contributed by atoms with Gasteiger partial charge >= 0.3 is 0 Å². The number of aromatic nitrogens is 4. The fourth-order valence-corrected chi connectivity index (χ4v) is 4.41. The largest absolute Gasteiger partial charge is 0.488 e. The first kappa shape index (κ1) is 19.9. The van der Waals surface area contributed by atoms with Crippen LogP contribution in [0.15, 0.2) is 48.7 Å². The minimum atomic E-state index is -0.350. The van der Waals surface area contributed by atoms with Crippen LogP contribution in [-0.2, 0) is 4.74 Å². The molecule has 5 rings (SSSR count). The van der Waals surface area contributed by atoms with E-state index < -0.39 is 0 Å². The summed E-state index contributed by atoms with van der Waals surface area (Å²) in [5.74, 6) is 0.702. The molecular formula is C24H25FN4O2. The maximum atomic E-state index is 14.3. The summed E-state index contributed by atoms with van der Waals surface area (Å²) in [7, 11) is 1.74. The van der Waals surface area contributed by atoms with Crippen LogP contribution < -0.4 is 4.74 Å². The summed E-state index contributed by atoms with van der Waals surface area (Å²) >= 11 is 0. The first-order valence-electron chi connectivity index (χ1n) is 10.8. The second-order valence-electron chi connectivity index (χ2n) is 8.21. The molecule has 1 aliphatic carbocycles. The van der Waals surface area contributed by atoms with Crippen molar-refractivity contribution in [1.29, 1.82) is 0 Å². The lowest BCUT2D eigenvalue weighted by Gasteiger charge is -2.31. The molecule has 7 heteroatoms. The highest BCUT2D eigenvalue weighted by Crippen LogP contribution is 2.33. The molecular weight excluding hydrogens is 395 g/mol. The third kappa shape index (κ3) is 3.85. The fraction of sp³-hybridized carbons (Fsp3) is 0.375. The van der Waals surface area contributed by atoms with Crippen LogP contribution in [0.25, 0.3) is 28.1 Å². The van der Waals surface area contributed by atoms with Crippen LogP contribution in [0.3, 0.4) is 0 Å². The van der Waals surface area contributed by atoms with Gasteiger partial charge in [0.05, 0.1) is 0 Å². The van der Waals surface area contributed by atoms with Crippen molar-refractivity contribution in [2.75, 3.05) is 13.7 Å². The van der Waals surface area contributed by atoms with E-state index in [0.717, 1.165) is 31.3 Å². The van der Waals surface area contributed by atoms with Gasteiger partial charge in [0.1, 0.15) is 35.0 Å². The van der Waals surface area contributed by atoms with E-state index in [1.54, 1.807) is 7.11 Å². The van der Waals surface area contributed by atoms with Gasteiger partial charge < -0.3 is 9.47 Å². The summed E-state index contributed by atoms with van der Waals surface area (Å²) in [5.41, 5.74) is 1.66. The molecule has 31 heavy (non-hydrogen) atoms. The molecule has 4 aromatic rings. The lowest BCUT2D eigenvalue weighted by atomic mass is 9.95. The van der Waals surface area contributed by atoms with E-state index >= 15 is 0 Å². The Morgan fingerprint density at radius 2 is 1.87 bits per heavy atom. The Balaban J connectivity index is 1.52. The standard InChI is InChI=1S/C24H25FN4O2/c1-30-24(11-5-2-3-6-12-24)16-31-20-15-18(25)14-17-9-10-19(26-22(17)20)23-28-27-21-8-4-7-13-29(21)23/h4,7-10,13-15H,2-3,5-6,11-12,16H2,1H3. The number of methoxy groups -OCH3 is 1. The average Bonchev–Trinajstić information content (AvgIpc) is 3.08. The Bertz CT molecular complexity index is 1210. The lowest BCUT2D eigenvalue weighted by Crippen LogP contribution is -2.37. The number of fused-ring (bicyclic) bond motifs is 2. The number of halogens is 1. The smallest absolute Gasteiger partial charge is 0.187 e. The molecule has 0 atom stereocenters. The monoisotopic (exact) mass is 420 g/mol. The predicted molar refractivity (Wildman–Crippen MR) is 117 cm³/mol. The van der Waals surface area contributed by atoms with Gasteiger partial charge in [-0.1, -0.05) is 37.8 Å². The second-order valence-corrected chi connectivity index (χ2v) is 8.21. The number of nitrogens with zero attached hydrogens (tertiary/aromatic N) is 4. The molecule has 0 bridgehead atoms. The van der Waals surface area contributed by atoms with Crippen LogP contribution in [0.2, 0.25) is 0 Å². The Labute approximate surface area is 180 Å². The Hall–Kier alpha value is -3.06. The minimum absolute atomic E-state index is 0.337. The molecule has 6 nitrogen and oxygen atoms in total. The topological polar surface area (TPSA) is 61.5 Å². The Morgan fingerprint density at radius 3 is 2.68 bits per heavy atom. The molecule has 0 spiro atoms. The first-order valence-corrected chi connectivity index (χ1v) is 10.8. The maximum Gasteiger partial charge on any atom is 0.187 e. The molecule has 1 aliphatic rings. The van der Waals surface area contributed by atoms with Gasteiger partial charge in [-0.25, -0.2) is 9.37 Å². The van der Waals surface area contributed by atoms with Crippen molar-refractivity contribution in [2.45, 2.75) is 44.1 Å². The Morgan fingerprint density at radius 1 is 1.03 bits per heavy atom. The molecule has 0 saturated heterocycles. The zero-order chi connectivity index (χ0) is 21.3. The molecule has 3 aromatic heterocycles. The van der Waals surface area contributed by atoms with Crippen LogP contribution in [0.4, 0.5) is 4.39 Å². The highest BCUT2D eigenvalue weighted by molar-refractivity contribution is 5.86. The molecule has 0 radical (unpaired) electrons. The number of rotatable bonds is 5. The van der Waals surface area contributed by atoms with Crippen molar-refractivity contribution in [2.24, 2.45) is 0 Å². The average molecular weight is 420 g/mol. The molecule has 1 aromatic carbocycles. The second kappa shape index (κ2) is 8.23. The van der Waals surface area contributed by atoms with Crippen molar-refractivity contribution in [3.8, 4) is 17.3 Å². The van der Waals surface area contributed by atoms with Gasteiger partial charge in [0, 0.05) is 24.8 Å². The van der Waals surface area contributed by atoms with Crippen molar-refractivity contribution < 1.29 is 13.9 Å². The first-order chi connectivity index (χ1) is 15.2. The van der Waals surface area contributed by atoms with E-state index in [1.165, 1.54) is 25.0 Å². The summed E-state index contributed by atoms with van der Waals surface area (Å²) in [6, 6.07) is 12.3. The van der Waals surface area contributed by atoms with Crippen molar-refractivity contribution in [3.63, 3.8) is 0 Å². The van der Waals surface area contributed by atoms with Crippen molar-refractivity contribution in [1.82, 2.24) is 19.6 Å². The number of pyridine rings is 2. The molecule has 0 aliphatic heterocycles. The highest BCUT2D eigenvalue weighted by atomic mass is 19.1. The van der Waals surface area contributed by atoms with Gasteiger partial charge in [0.15, 0.2) is 11.5 Å². The van der Waals surface area contributed by atoms with Crippen LogP contribution >= 0.6 is 0 Å². The summed E-state index contributed by atoms with van der Waals surface area (Å²) in [5, 5.41) is 9.17. The van der Waals surface area contributed by atoms with E-state index in [0.29, 0.717) is 34.8 Å². The SMILES string of the molecule is COC1(COc2cc(F)cc3ccc(-c4nnc5ccccn45)nc23)CCCCCC1. The van der Waals surface area contributed by atoms with Crippen molar-refractivity contribution >= 4 is 16.6 Å². The van der Waals surface area contributed by atoms with Gasteiger partial charge in [-0.05, 0) is 37.1 Å². The van der Waals surface area contributed by atoms with Gasteiger partial charge in [0.2, 0.25) is 0 Å². The molecule has 0 amide bonds. The van der Waals surface area contributed by atoms with E-state index in [1.807, 2.05) is 40.9 Å². The van der Waals surface area contributed by atoms with Crippen LogP contribution in [0, 0.1) is 5.82 Å². The molecule has 1 saturated carbocycles. The molecule has 0 unspecified atom stereocenters. The van der Waals surface area contributed by atoms with E-state index in [-0.39, 0.29) is 11.4 Å². The number of hydrogen-bond acceptors (Lipinski definition) is 5. The normalized spacial score (nSPS) is 16.5. The van der Waals surface area contributed by atoms with Gasteiger partial charge in [-0.3, -0.25) is 4.40 Å².